The van der Waals surface area contributed by atoms with E-state index in [0.29, 0.717) is 45.5 Å². The third kappa shape index (κ3) is 4.90. The number of hydrogen-bond acceptors (Lipinski definition) is 6. The molecule has 8 nitrogen and oxygen atoms in total. The lowest BCUT2D eigenvalue weighted by Crippen LogP contribution is -2.66. The van der Waals surface area contributed by atoms with Crippen molar-refractivity contribution in [1.29, 1.82) is 0 Å². The zero-order valence-corrected chi connectivity index (χ0v) is 23.2. The molecule has 4 rings (SSSR count). The number of fused-ring (bicyclic) bond motifs is 1. The molecule has 0 saturated heterocycles. The van der Waals surface area contributed by atoms with E-state index in [1.807, 2.05) is 37.2 Å². The number of hydrogen-bond donors (Lipinski definition) is 2. The maximum absolute atomic E-state index is 14.2. The van der Waals surface area contributed by atoms with E-state index in [4.69, 9.17) is 27.9 Å². The molecule has 2 atom stereocenters. The predicted octanol–water partition coefficient (Wildman–Crippen LogP) is 3.94. The van der Waals surface area contributed by atoms with E-state index >= 15 is 0 Å². The van der Waals surface area contributed by atoms with Crippen LogP contribution in [0.15, 0.2) is 60.8 Å². The SMILES string of the molecule is CO[C@@]1(C(C)(O)C(=O)NCCN(C)C)c2cccc(-c3ccc(Cl)cc3)c2C(=O)N1Cc1ccc(Cl)cn1. The van der Waals surface area contributed by atoms with Crippen molar-refractivity contribution in [3.8, 4) is 11.1 Å². The van der Waals surface area contributed by atoms with Gasteiger partial charge in [0.1, 0.15) is 0 Å². The molecule has 2 N–H and O–H groups in total. The first kappa shape index (κ1) is 28.0. The number of methoxy groups -OCH3 is 1. The van der Waals surface area contributed by atoms with Gasteiger partial charge < -0.3 is 20.1 Å². The number of rotatable bonds is 9. The van der Waals surface area contributed by atoms with Crippen LogP contribution in [0.2, 0.25) is 10.0 Å². The van der Waals surface area contributed by atoms with Gasteiger partial charge in [-0.1, -0.05) is 53.5 Å². The minimum Gasteiger partial charge on any atom is -0.376 e. The summed E-state index contributed by atoms with van der Waals surface area (Å²) in [5.41, 5.74) is -1.45. The fourth-order valence-corrected chi connectivity index (χ4v) is 5.10. The van der Waals surface area contributed by atoms with Gasteiger partial charge in [0.05, 0.1) is 22.8 Å². The molecule has 3 aromatic rings. The molecule has 1 unspecified atom stereocenters. The average molecular weight is 557 g/mol. The van der Waals surface area contributed by atoms with Crippen molar-refractivity contribution in [3.05, 3.63) is 87.7 Å². The second-order valence-corrected chi connectivity index (χ2v) is 10.4. The summed E-state index contributed by atoms with van der Waals surface area (Å²) in [5, 5.41) is 15.7. The van der Waals surface area contributed by atoms with Gasteiger partial charge in [-0.05, 0) is 56.4 Å². The molecule has 0 aliphatic carbocycles. The van der Waals surface area contributed by atoms with Gasteiger partial charge in [-0.15, -0.1) is 0 Å². The van der Waals surface area contributed by atoms with Crippen LogP contribution in [0.4, 0.5) is 0 Å². The average Bonchev–Trinajstić information content (AvgIpc) is 3.14. The molecule has 10 heteroatoms. The third-order valence-corrected chi connectivity index (χ3v) is 7.25. The standard InChI is InChI=1S/C28H30Cl2N4O4/c1-27(37,26(36)31-14-15-33(2)3)28(38-4)23-7-5-6-22(18-8-10-19(29)11-9-18)24(23)25(35)34(28)17-21-13-12-20(30)16-32-21/h5-13,16,37H,14-15,17H2,1-4H3,(H,31,36)/t27?,28-/m1/s1. The Morgan fingerprint density at radius 2 is 1.82 bits per heavy atom. The molecule has 0 bridgehead atoms. The van der Waals surface area contributed by atoms with Gasteiger partial charge in [-0.3, -0.25) is 19.5 Å². The van der Waals surface area contributed by atoms with Crippen molar-refractivity contribution in [2.75, 3.05) is 34.3 Å². The van der Waals surface area contributed by atoms with Crippen LogP contribution >= 0.6 is 23.2 Å². The Hall–Kier alpha value is -3.01. The number of benzene rings is 2. The quantitative estimate of drug-likeness (QED) is 0.414. The largest absolute Gasteiger partial charge is 0.376 e. The fraction of sp³-hybridized carbons (Fsp3) is 0.321. The van der Waals surface area contributed by atoms with Gasteiger partial charge in [0, 0.05) is 37.0 Å². The summed E-state index contributed by atoms with van der Waals surface area (Å²) in [7, 11) is 5.14. The fourth-order valence-electron chi connectivity index (χ4n) is 4.87. The highest BCUT2D eigenvalue weighted by atomic mass is 35.5. The zero-order valence-electron chi connectivity index (χ0n) is 21.7. The van der Waals surface area contributed by atoms with Gasteiger partial charge in [0.15, 0.2) is 5.60 Å². The monoisotopic (exact) mass is 556 g/mol. The molecule has 2 heterocycles. The van der Waals surface area contributed by atoms with Gasteiger partial charge in [-0.25, -0.2) is 0 Å². The zero-order chi connectivity index (χ0) is 27.7. The van der Waals surface area contributed by atoms with Crippen molar-refractivity contribution in [1.82, 2.24) is 20.1 Å². The summed E-state index contributed by atoms with van der Waals surface area (Å²) in [6, 6.07) is 15.7. The molecule has 1 aliphatic heterocycles. The van der Waals surface area contributed by atoms with E-state index in [9.17, 15) is 14.7 Å². The maximum atomic E-state index is 14.2. The Kier molecular flexibility index (Phi) is 8.11. The first-order valence-corrected chi connectivity index (χ1v) is 12.8. The molecular formula is C28H30Cl2N4O4. The number of aromatic nitrogens is 1. The van der Waals surface area contributed by atoms with Crippen LogP contribution in [-0.4, -0.2) is 71.6 Å². The summed E-state index contributed by atoms with van der Waals surface area (Å²) in [6.07, 6.45) is 1.48. The van der Waals surface area contributed by atoms with E-state index in [0.717, 1.165) is 5.56 Å². The number of halogens is 2. The summed E-state index contributed by atoms with van der Waals surface area (Å²) in [5.74, 6) is -1.08. The molecule has 0 radical (unpaired) electrons. The molecular weight excluding hydrogens is 527 g/mol. The Labute approximate surface area is 232 Å². The first-order chi connectivity index (χ1) is 18.0. The second kappa shape index (κ2) is 11.0. The summed E-state index contributed by atoms with van der Waals surface area (Å²) >= 11 is 12.1. The topological polar surface area (TPSA) is 95.0 Å². The van der Waals surface area contributed by atoms with Crippen LogP contribution < -0.4 is 5.32 Å². The number of amides is 2. The summed E-state index contributed by atoms with van der Waals surface area (Å²) in [6.45, 7) is 2.18. The van der Waals surface area contributed by atoms with Crippen molar-refractivity contribution in [2.24, 2.45) is 0 Å². The van der Waals surface area contributed by atoms with Crippen LogP contribution in [0.3, 0.4) is 0 Å². The van der Waals surface area contributed by atoms with Crippen LogP contribution in [0.25, 0.3) is 11.1 Å². The normalized spacial score (nSPS) is 18.4. The number of ether oxygens (including phenoxy) is 1. The maximum Gasteiger partial charge on any atom is 0.257 e. The van der Waals surface area contributed by atoms with Crippen LogP contribution in [0.5, 0.6) is 0 Å². The lowest BCUT2D eigenvalue weighted by atomic mass is 9.83. The number of carbonyl (C=O) groups excluding carboxylic acids is 2. The van der Waals surface area contributed by atoms with Crippen molar-refractivity contribution < 1.29 is 19.4 Å². The Morgan fingerprint density at radius 3 is 2.42 bits per heavy atom. The van der Waals surface area contributed by atoms with Gasteiger partial charge in [0.2, 0.25) is 5.72 Å². The summed E-state index contributed by atoms with van der Waals surface area (Å²) < 4.78 is 6.04. The Morgan fingerprint density at radius 1 is 1.13 bits per heavy atom. The second-order valence-electron chi connectivity index (χ2n) is 9.57. The van der Waals surface area contributed by atoms with Crippen molar-refractivity contribution >= 4 is 35.0 Å². The van der Waals surface area contributed by atoms with Crippen LogP contribution in [0.1, 0.15) is 28.5 Å². The molecule has 1 aromatic heterocycles. The van der Waals surface area contributed by atoms with E-state index in [1.165, 1.54) is 25.1 Å². The van der Waals surface area contributed by atoms with Crippen LogP contribution in [-0.2, 0) is 21.8 Å². The van der Waals surface area contributed by atoms with Crippen molar-refractivity contribution in [2.45, 2.75) is 24.8 Å². The Bertz CT molecular complexity index is 1330. The summed E-state index contributed by atoms with van der Waals surface area (Å²) in [4.78, 5) is 35.3. The third-order valence-electron chi connectivity index (χ3n) is 6.77. The molecule has 0 fully saturated rings. The van der Waals surface area contributed by atoms with Crippen molar-refractivity contribution in [3.63, 3.8) is 0 Å². The molecule has 200 valence electrons. The van der Waals surface area contributed by atoms with E-state index in [-0.39, 0.29) is 6.54 Å². The Balaban J connectivity index is 1.89. The highest BCUT2D eigenvalue weighted by molar-refractivity contribution is 6.30. The smallest absolute Gasteiger partial charge is 0.257 e. The number of likely N-dealkylation sites (N-methyl/N-ethyl adjacent to an activating group) is 1. The molecule has 0 saturated carbocycles. The van der Waals surface area contributed by atoms with Gasteiger partial charge >= 0.3 is 0 Å². The highest BCUT2D eigenvalue weighted by Gasteiger charge is 2.64. The van der Waals surface area contributed by atoms with Gasteiger partial charge in [0.25, 0.3) is 11.8 Å². The molecule has 1 aliphatic rings. The minimum absolute atomic E-state index is 0.0420. The van der Waals surface area contributed by atoms with E-state index in [1.54, 1.807) is 36.4 Å². The molecule has 2 aromatic carbocycles. The number of nitrogens with one attached hydrogen (secondary N) is 1. The molecule has 2 amide bonds. The lowest BCUT2D eigenvalue weighted by Gasteiger charge is -2.46. The van der Waals surface area contributed by atoms with E-state index < -0.39 is 23.1 Å². The predicted molar refractivity (Wildman–Crippen MR) is 147 cm³/mol. The van der Waals surface area contributed by atoms with Crippen LogP contribution in [0, 0.1) is 0 Å². The highest BCUT2D eigenvalue weighted by Crippen LogP contribution is 2.50. The minimum atomic E-state index is -2.18. The molecule has 0 spiro atoms. The first-order valence-electron chi connectivity index (χ1n) is 12.0. The number of nitrogens with zero attached hydrogens (tertiary/aromatic N) is 3. The molecule has 38 heavy (non-hydrogen) atoms. The number of pyridine rings is 1. The lowest BCUT2D eigenvalue weighted by molar-refractivity contribution is -0.229. The number of carbonyl (C=O) groups is 2. The van der Waals surface area contributed by atoms with E-state index in [2.05, 4.69) is 10.3 Å². The van der Waals surface area contributed by atoms with Gasteiger partial charge in [-0.2, -0.15) is 0 Å². The number of aliphatic hydroxyl groups is 1.